The lowest BCUT2D eigenvalue weighted by Crippen LogP contribution is -2.35. The van der Waals surface area contributed by atoms with Crippen molar-refractivity contribution in [1.82, 2.24) is 4.90 Å². The molecular weight excluding hydrogens is 320 g/mol. The van der Waals surface area contributed by atoms with Gasteiger partial charge >= 0.3 is 5.97 Å². The van der Waals surface area contributed by atoms with Crippen LogP contribution in [0.2, 0.25) is 0 Å². The molecule has 0 amide bonds. The second-order valence-corrected chi connectivity index (χ2v) is 7.48. The maximum absolute atomic E-state index is 12.0. The van der Waals surface area contributed by atoms with Crippen LogP contribution in [0.15, 0.2) is 18.2 Å². The Morgan fingerprint density at radius 3 is 2.57 bits per heavy atom. The summed E-state index contributed by atoms with van der Waals surface area (Å²) in [4.78, 5) is 14.3. The van der Waals surface area contributed by atoms with Gasteiger partial charge in [0.2, 0.25) is 10.0 Å². The van der Waals surface area contributed by atoms with Crippen LogP contribution in [0, 0.1) is 0 Å². The molecule has 0 aromatic heterocycles. The minimum atomic E-state index is -3.46. The van der Waals surface area contributed by atoms with Gasteiger partial charge in [-0.25, -0.2) is 13.2 Å². The van der Waals surface area contributed by atoms with Gasteiger partial charge in [0.25, 0.3) is 0 Å². The van der Waals surface area contributed by atoms with Crippen molar-refractivity contribution in [1.29, 1.82) is 0 Å². The maximum atomic E-state index is 12.0. The van der Waals surface area contributed by atoms with Gasteiger partial charge in [0.1, 0.15) is 0 Å². The Kier molecular flexibility index (Phi) is 5.61. The van der Waals surface area contributed by atoms with Gasteiger partial charge in [0.15, 0.2) is 0 Å². The van der Waals surface area contributed by atoms with Crippen LogP contribution in [0.3, 0.4) is 0 Å². The molecule has 0 N–H and O–H groups in total. The van der Waals surface area contributed by atoms with Crippen LogP contribution in [0.4, 0.5) is 5.69 Å². The van der Waals surface area contributed by atoms with E-state index in [4.69, 9.17) is 9.47 Å². The fourth-order valence-corrected chi connectivity index (χ4v) is 2.94. The molecule has 1 aliphatic heterocycles. The fourth-order valence-electron chi connectivity index (χ4n) is 2.43. The van der Waals surface area contributed by atoms with Crippen molar-refractivity contribution >= 4 is 21.7 Å². The Balaban J connectivity index is 2.32. The SMILES string of the molecule is COC(=O)c1cc(CN2CCOCC2)ccc1N(C)S(C)(=O)=O. The van der Waals surface area contributed by atoms with Gasteiger partial charge in [-0.2, -0.15) is 0 Å². The molecule has 128 valence electrons. The van der Waals surface area contributed by atoms with Gasteiger partial charge < -0.3 is 9.47 Å². The Hall–Kier alpha value is -1.64. The summed E-state index contributed by atoms with van der Waals surface area (Å²) < 4.78 is 34.7. The Labute approximate surface area is 136 Å². The molecule has 0 unspecified atom stereocenters. The zero-order valence-electron chi connectivity index (χ0n) is 13.6. The lowest BCUT2D eigenvalue weighted by Gasteiger charge is -2.27. The second kappa shape index (κ2) is 7.29. The van der Waals surface area contributed by atoms with Crippen LogP contribution in [-0.2, 0) is 26.0 Å². The van der Waals surface area contributed by atoms with Crippen molar-refractivity contribution in [2.45, 2.75) is 6.54 Å². The number of morpholine rings is 1. The molecule has 0 radical (unpaired) electrons. The molecule has 2 rings (SSSR count). The van der Waals surface area contributed by atoms with Gasteiger partial charge in [-0.3, -0.25) is 9.21 Å². The molecule has 0 atom stereocenters. The molecule has 0 saturated carbocycles. The zero-order chi connectivity index (χ0) is 17.0. The standard InChI is InChI=1S/C15H22N2O5S/c1-16(23(3,19)20)14-5-4-12(10-13(14)15(18)21-2)11-17-6-8-22-9-7-17/h4-5,10H,6-9,11H2,1-3H3. The van der Waals surface area contributed by atoms with Crippen molar-refractivity contribution < 1.29 is 22.7 Å². The maximum Gasteiger partial charge on any atom is 0.340 e. The van der Waals surface area contributed by atoms with Crippen LogP contribution in [0.5, 0.6) is 0 Å². The van der Waals surface area contributed by atoms with Crippen LogP contribution < -0.4 is 4.31 Å². The van der Waals surface area contributed by atoms with Gasteiger partial charge in [-0.05, 0) is 17.7 Å². The Morgan fingerprint density at radius 2 is 2.00 bits per heavy atom. The monoisotopic (exact) mass is 342 g/mol. The summed E-state index contributed by atoms with van der Waals surface area (Å²) in [6.45, 7) is 3.73. The van der Waals surface area contributed by atoms with Gasteiger partial charge in [-0.1, -0.05) is 6.07 Å². The smallest absolute Gasteiger partial charge is 0.340 e. The predicted molar refractivity (Wildman–Crippen MR) is 87.1 cm³/mol. The number of sulfonamides is 1. The van der Waals surface area contributed by atoms with Crippen molar-refractivity contribution in [3.63, 3.8) is 0 Å². The summed E-state index contributed by atoms with van der Waals surface area (Å²) in [5, 5.41) is 0. The molecule has 0 spiro atoms. The van der Waals surface area contributed by atoms with Crippen molar-refractivity contribution in [3.8, 4) is 0 Å². The molecule has 1 fully saturated rings. The van der Waals surface area contributed by atoms with Crippen LogP contribution in [0.1, 0.15) is 15.9 Å². The van der Waals surface area contributed by atoms with E-state index in [0.717, 1.165) is 29.2 Å². The van der Waals surface area contributed by atoms with Gasteiger partial charge in [0.05, 0.1) is 37.8 Å². The normalized spacial score (nSPS) is 16.1. The second-order valence-electron chi connectivity index (χ2n) is 5.46. The van der Waals surface area contributed by atoms with E-state index < -0.39 is 16.0 Å². The molecule has 1 saturated heterocycles. The van der Waals surface area contributed by atoms with E-state index in [2.05, 4.69) is 4.90 Å². The minimum absolute atomic E-state index is 0.242. The first-order chi connectivity index (χ1) is 10.8. The lowest BCUT2D eigenvalue weighted by atomic mass is 10.1. The number of ether oxygens (including phenoxy) is 2. The largest absolute Gasteiger partial charge is 0.465 e. The Bertz CT molecular complexity index is 668. The highest BCUT2D eigenvalue weighted by Crippen LogP contribution is 2.24. The van der Waals surface area contributed by atoms with E-state index in [9.17, 15) is 13.2 Å². The number of methoxy groups -OCH3 is 1. The van der Waals surface area contributed by atoms with Gasteiger partial charge in [0, 0.05) is 26.7 Å². The third-order valence-corrected chi connectivity index (χ3v) is 5.00. The third kappa shape index (κ3) is 4.43. The summed E-state index contributed by atoms with van der Waals surface area (Å²) in [5.74, 6) is -0.556. The Morgan fingerprint density at radius 1 is 1.35 bits per heavy atom. The molecule has 1 aromatic rings. The predicted octanol–water partition coefficient (Wildman–Crippen LogP) is 0.701. The minimum Gasteiger partial charge on any atom is -0.465 e. The van der Waals surface area contributed by atoms with Crippen molar-refractivity contribution in [3.05, 3.63) is 29.3 Å². The molecule has 1 aromatic carbocycles. The summed E-state index contributed by atoms with van der Waals surface area (Å²) in [6, 6.07) is 5.17. The van der Waals surface area contributed by atoms with Crippen molar-refractivity contribution in [2.75, 3.05) is 51.0 Å². The summed E-state index contributed by atoms with van der Waals surface area (Å²) in [6.07, 6.45) is 1.09. The first-order valence-corrected chi connectivity index (χ1v) is 9.13. The van der Waals surface area contributed by atoms with E-state index in [0.29, 0.717) is 25.4 Å². The number of rotatable bonds is 5. The molecular formula is C15H22N2O5S. The van der Waals surface area contributed by atoms with E-state index in [-0.39, 0.29) is 5.56 Å². The molecule has 7 nitrogen and oxygen atoms in total. The molecule has 0 aliphatic carbocycles. The summed E-state index contributed by atoms with van der Waals surface area (Å²) in [7, 11) is -0.767. The van der Waals surface area contributed by atoms with E-state index in [1.165, 1.54) is 14.2 Å². The first-order valence-electron chi connectivity index (χ1n) is 7.28. The zero-order valence-corrected chi connectivity index (χ0v) is 14.4. The number of hydrogen-bond acceptors (Lipinski definition) is 6. The number of carbonyl (C=O) groups excluding carboxylic acids is 1. The van der Waals surface area contributed by atoms with Crippen molar-refractivity contribution in [2.24, 2.45) is 0 Å². The number of nitrogens with zero attached hydrogens (tertiary/aromatic N) is 2. The average Bonchev–Trinajstić information content (AvgIpc) is 2.53. The fraction of sp³-hybridized carbons (Fsp3) is 0.533. The quantitative estimate of drug-likeness (QED) is 0.733. The van der Waals surface area contributed by atoms with Crippen LogP contribution in [-0.4, -0.2) is 66.0 Å². The summed E-state index contributed by atoms with van der Waals surface area (Å²) >= 11 is 0. The highest BCUT2D eigenvalue weighted by atomic mass is 32.2. The van der Waals surface area contributed by atoms with Crippen LogP contribution in [0.25, 0.3) is 0 Å². The van der Waals surface area contributed by atoms with E-state index in [1.807, 2.05) is 6.07 Å². The number of benzene rings is 1. The molecule has 1 heterocycles. The molecule has 1 aliphatic rings. The number of esters is 1. The number of anilines is 1. The molecule has 8 heteroatoms. The van der Waals surface area contributed by atoms with Gasteiger partial charge in [-0.15, -0.1) is 0 Å². The molecule has 0 bridgehead atoms. The van der Waals surface area contributed by atoms with E-state index in [1.54, 1.807) is 12.1 Å². The summed E-state index contributed by atoms with van der Waals surface area (Å²) in [5.41, 5.74) is 1.48. The highest BCUT2D eigenvalue weighted by Gasteiger charge is 2.21. The number of hydrogen-bond donors (Lipinski definition) is 0. The highest BCUT2D eigenvalue weighted by molar-refractivity contribution is 7.92. The molecule has 23 heavy (non-hydrogen) atoms. The third-order valence-electron chi connectivity index (χ3n) is 3.81. The topological polar surface area (TPSA) is 76.2 Å². The van der Waals surface area contributed by atoms with E-state index >= 15 is 0 Å². The number of carbonyl (C=O) groups is 1. The average molecular weight is 342 g/mol. The van der Waals surface area contributed by atoms with Crippen LogP contribution >= 0.6 is 0 Å². The first kappa shape index (κ1) is 17.7. The lowest BCUT2D eigenvalue weighted by molar-refractivity contribution is 0.0341.